The highest BCUT2D eigenvalue weighted by Gasteiger charge is 2.13. The zero-order valence-corrected chi connectivity index (χ0v) is 20.6. The molecule has 0 aliphatic carbocycles. The van der Waals surface area contributed by atoms with E-state index in [1.165, 1.54) is 11.8 Å². The zero-order chi connectivity index (χ0) is 24.8. The van der Waals surface area contributed by atoms with Gasteiger partial charge < -0.3 is 24.8 Å². The van der Waals surface area contributed by atoms with Crippen LogP contribution in [-0.2, 0) is 14.4 Å². The highest BCUT2D eigenvalue weighted by Crippen LogP contribution is 2.16. The minimum atomic E-state index is -0.438. The molecule has 1 rings (SSSR count). The summed E-state index contributed by atoms with van der Waals surface area (Å²) in [5, 5.41) is 2.66. The number of hydrogen-bond donors (Lipinski definition) is 1. The number of nitrogens with one attached hydrogen (secondary N) is 1. The van der Waals surface area contributed by atoms with Crippen molar-refractivity contribution in [2.75, 3.05) is 52.6 Å². The number of nitrogens with zero attached hydrogens (tertiary/aromatic N) is 3. The number of carbonyl (C=O) groups is 4. The van der Waals surface area contributed by atoms with Crippen molar-refractivity contribution >= 4 is 29.4 Å². The van der Waals surface area contributed by atoms with Gasteiger partial charge in [-0.15, -0.1) is 0 Å². The van der Waals surface area contributed by atoms with Crippen molar-refractivity contribution in [3.63, 3.8) is 0 Å². The number of carbonyl (C=O) groups excluding carboxylic acids is 4. The third-order valence-corrected chi connectivity index (χ3v) is 5.20. The molecule has 0 aliphatic rings. The van der Waals surface area contributed by atoms with Gasteiger partial charge in [0.15, 0.2) is 0 Å². The number of rotatable bonds is 14. The van der Waals surface area contributed by atoms with Crippen LogP contribution in [0.3, 0.4) is 0 Å². The monoisotopic (exact) mass is 462 g/mol. The Balaban J connectivity index is 2.23. The average Bonchev–Trinajstić information content (AvgIpc) is 2.77. The van der Waals surface area contributed by atoms with Gasteiger partial charge in [-0.1, -0.05) is 6.92 Å². The van der Waals surface area contributed by atoms with Gasteiger partial charge >= 0.3 is 6.09 Å². The molecule has 0 aliphatic heterocycles. The van der Waals surface area contributed by atoms with E-state index < -0.39 is 6.09 Å². The first-order chi connectivity index (χ1) is 15.6. The molecule has 0 atom stereocenters. The Kier molecular flexibility index (Phi) is 12.8. The first-order valence-electron chi connectivity index (χ1n) is 11.4. The molecule has 0 unspecified atom stereocenters. The van der Waals surface area contributed by atoms with Crippen molar-refractivity contribution in [1.82, 2.24) is 14.7 Å². The molecule has 0 saturated heterocycles. The van der Waals surface area contributed by atoms with Crippen LogP contribution in [-0.4, -0.2) is 85.7 Å². The van der Waals surface area contributed by atoms with Crippen LogP contribution in [0.1, 0.15) is 46.0 Å². The van der Waals surface area contributed by atoms with Crippen LogP contribution < -0.4 is 10.1 Å². The summed E-state index contributed by atoms with van der Waals surface area (Å²) in [5.74, 6) is 0.371. The first kappa shape index (κ1) is 28.1. The van der Waals surface area contributed by atoms with Gasteiger partial charge in [-0.05, 0) is 57.2 Å². The van der Waals surface area contributed by atoms with Crippen molar-refractivity contribution < 1.29 is 23.9 Å². The fraction of sp³-hybridized carbons (Fsp3) is 0.583. The van der Waals surface area contributed by atoms with E-state index in [0.717, 1.165) is 25.9 Å². The predicted molar refractivity (Wildman–Crippen MR) is 128 cm³/mol. The summed E-state index contributed by atoms with van der Waals surface area (Å²) in [6, 6.07) is 6.62. The molecule has 184 valence electrons. The van der Waals surface area contributed by atoms with E-state index in [4.69, 9.17) is 4.74 Å². The topological polar surface area (TPSA) is 99.3 Å². The molecule has 1 N–H and O–H groups in total. The molecule has 3 amide bonds. The van der Waals surface area contributed by atoms with Gasteiger partial charge in [-0.2, -0.15) is 0 Å². The van der Waals surface area contributed by atoms with Gasteiger partial charge in [-0.3, -0.25) is 14.4 Å². The summed E-state index contributed by atoms with van der Waals surface area (Å²) < 4.78 is 5.35. The van der Waals surface area contributed by atoms with Crippen LogP contribution in [0.2, 0.25) is 0 Å². The van der Waals surface area contributed by atoms with E-state index in [1.807, 2.05) is 14.0 Å². The fourth-order valence-corrected chi connectivity index (χ4v) is 3.09. The Morgan fingerprint density at radius 3 is 1.97 bits per heavy atom. The van der Waals surface area contributed by atoms with Gasteiger partial charge in [-0.25, -0.2) is 4.79 Å². The number of ether oxygens (including phenoxy) is 1. The molecule has 0 heterocycles. The molecule has 0 radical (unpaired) electrons. The minimum absolute atomic E-state index is 0.00402. The van der Waals surface area contributed by atoms with Crippen LogP contribution in [0, 0.1) is 0 Å². The molecular formula is C24H38N4O5. The standard InChI is InChI=1S/C24H38N4O5/c1-6-21(30)11-14-23(31)27(4)17-7-15-26(3)16-8-18-28(5)24(32)33-22-12-9-20(10-13-22)25-19(2)29/h9-10,12-13H,6-8,11,14-18H2,1-5H3,(H,25,29). The normalized spacial score (nSPS) is 10.6. The summed E-state index contributed by atoms with van der Waals surface area (Å²) >= 11 is 0. The Hall–Kier alpha value is -2.94. The van der Waals surface area contributed by atoms with Crippen molar-refractivity contribution in [2.24, 2.45) is 0 Å². The van der Waals surface area contributed by atoms with Crippen LogP contribution in [0.5, 0.6) is 5.75 Å². The van der Waals surface area contributed by atoms with Crippen LogP contribution in [0.4, 0.5) is 10.5 Å². The predicted octanol–water partition coefficient (Wildman–Crippen LogP) is 3.01. The second-order valence-corrected chi connectivity index (χ2v) is 8.21. The molecule has 33 heavy (non-hydrogen) atoms. The molecule has 0 saturated carbocycles. The second kappa shape index (κ2) is 15.0. The van der Waals surface area contributed by atoms with Crippen molar-refractivity contribution in [3.8, 4) is 5.75 Å². The Morgan fingerprint density at radius 2 is 1.42 bits per heavy atom. The van der Waals surface area contributed by atoms with Crippen molar-refractivity contribution in [3.05, 3.63) is 24.3 Å². The number of benzene rings is 1. The maximum Gasteiger partial charge on any atom is 0.414 e. The fourth-order valence-electron chi connectivity index (χ4n) is 3.09. The summed E-state index contributed by atoms with van der Waals surface area (Å²) in [5.41, 5.74) is 0.640. The second-order valence-electron chi connectivity index (χ2n) is 8.21. The van der Waals surface area contributed by atoms with Gasteiger partial charge in [0.2, 0.25) is 11.8 Å². The maximum atomic E-state index is 12.2. The van der Waals surface area contributed by atoms with E-state index in [-0.39, 0.29) is 24.0 Å². The van der Waals surface area contributed by atoms with Crippen LogP contribution in [0.25, 0.3) is 0 Å². The molecule has 9 heteroatoms. The number of amides is 3. The zero-order valence-electron chi connectivity index (χ0n) is 20.6. The SMILES string of the molecule is CCC(=O)CCC(=O)N(C)CCCN(C)CCCN(C)C(=O)Oc1ccc(NC(C)=O)cc1. The minimum Gasteiger partial charge on any atom is -0.410 e. The van der Waals surface area contributed by atoms with E-state index in [0.29, 0.717) is 37.4 Å². The van der Waals surface area contributed by atoms with Crippen molar-refractivity contribution in [2.45, 2.75) is 46.0 Å². The Labute approximate surface area is 197 Å². The summed E-state index contributed by atoms with van der Waals surface area (Å²) in [7, 11) is 5.47. The molecule has 1 aromatic rings. The third kappa shape index (κ3) is 12.0. The van der Waals surface area contributed by atoms with Crippen LogP contribution >= 0.6 is 0 Å². The summed E-state index contributed by atoms with van der Waals surface area (Å²) in [6.45, 7) is 6.08. The molecule has 9 nitrogen and oxygen atoms in total. The number of ketones is 1. The number of hydrogen-bond acceptors (Lipinski definition) is 6. The maximum absolute atomic E-state index is 12.2. The molecule has 0 fully saturated rings. The van der Waals surface area contributed by atoms with Crippen molar-refractivity contribution in [1.29, 1.82) is 0 Å². The van der Waals surface area contributed by atoms with Gasteiger partial charge in [0.25, 0.3) is 0 Å². The van der Waals surface area contributed by atoms with Gasteiger partial charge in [0.1, 0.15) is 11.5 Å². The Bertz CT molecular complexity index is 782. The first-order valence-corrected chi connectivity index (χ1v) is 11.4. The number of Topliss-reactive ketones (excluding diaryl/α,β-unsaturated/α-hetero) is 1. The van der Waals surface area contributed by atoms with E-state index in [9.17, 15) is 19.2 Å². The highest BCUT2D eigenvalue weighted by atomic mass is 16.6. The van der Waals surface area contributed by atoms with E-state index in [1.54, 1.807) is 43.3 Å². The van der Waals surface area contributed by atoms with Gasteiger partial charge in [0, 0.05) is 59.1 Å². The van der Waals surface area contributed by atoms with E-state index >= 15 is 0 Å². The summed E-state index contributed by atoms with van der Waals surface area (Å²) in [4.78, 5) is 52.0. The third-order valence-electron chi connectivity index (χ3n) is 5.20. The lowest BCUT2D eigenvalue weighted by atomic mass is 10.1. The molecule has 0 aromatic heterocycles. The lowest BCUT2D eigenvalue weighted by Crippen LogP contribution is -2.33. The Morgan fingerprint density at radius 1 is 0.848 bits per heavy atom. The molecule has 0 spiro atoms. The molecular weight excluding hydrogens is 424 g/mol. The quantitative estimate of drug-likeness (QED) is 0.456. The summed E-state index contributed by atoms with van der Waals surface area (Å²) in [6.07, 6.45) is 2.26. The smallest absolute Gasteiger partial charge is 0.410 e. The van der Waals surface area contributed by atoms with Gasteiger partial charge in [0.05, 0.1) is 0 Å². The lowest BCUT2D eigenvalue weighted by Gasteiger charge is -2.22. The highest BCUT2D eigenvalue weighted by molar-refractivity contribution is 5.88. The van der Waals surface area contributed by atoms with E-state index in [2.05, 4.69) is 10.2 Å². The lowest BCUT2D eigenvalue weighted by molar-refractivity contribution is -0.132. The molecule has 0 bridgehead atoms. The number of anilines is 1. The molecule has 1 aromatic carbocycles. The van der Waals surface area contributed by atoms with Crippen LogP contribution in [0.15, 0.2) is 24.3 Å². The largest absolute Gasteiger partial charge is 0.414 e. The average molecular weight is 463 g/mol.